The van der Waals surface area contributed by atoms with Crippen molar-refractivity contribution >= 4 is 11.8 Å². The van der Waals surface area contributed by atoms with Crippen LogP contribution in [0, 0.1) is 0 Å². The van der Waals surface area contributed by atoms with Crippen LogP contribution in [0.2, 0.25) is 0 Å². The monoisotopic (exact) mass is 612 g/mol. The van der Waals surface area contributed by atoms with Gasteiger partial charge in [0.2, 0.25) is 11.8 Å². The van der Waals surface area contributed by atoms with Gasteiger partial charge in [-0.25, -0.2) is 0 Å². The molecule has 9 N–H and O–H groups in total. The Morgan fingerprint density at radius 1 is 0.690 bits per heavy atom. The molecule has 2 fully saturated rings. The van der Waals surface area contributed by atoms with Gasteiger partial charge in [0.25, 0.3) is 0 Å². The van der Waals surface area contributed by atoms with E-state index in [9.17, 15) is 50.4 Å². The fraction of sp³-hybridized carbons (Fsp3) is 0.923. The first-order valence-electron chi connectivity index (χ1n) is 14.4. The molecular formula is C26H48N2O14. The quantitative estimate of drug-likeness (QED) is 0.0668. The molecule has 16 heteroatoms. The van der Waals surface area contributed by atoms with Gasteiger partial charge in [-0.3, -0.25) is 9.59 Å². The molecule has 0 aromatic heterocycles. The lowest BCUT2D eigenvalue weighted by Gasteiger charge is -2.39. The van der Waals surface area contributed by atoms with Crippen molar-refractivity contribution in [1.82, 2.24) is 10.2 Å². The standard InChI is InChI=1S/C26H48N2O14/c1-15(31)27-8-4-2-3-7-18(32)28(9-5-11-39-25-23(37)21(35)19(33)16(13-29)41-25)10-6-12-40-26-24(38)22(36)20(34)17(14-30)42-26/h16-17,19-26,29-30,33-38H,2-14H2,1H3,(H,27,31)/t16?,17?,19-,20-,21?,22?,23?,24?,25+,26+/m1/s1. The molecule has 0 aromatic rings. The molecule has 0 bridgehead atoms. The van der Waals surface area contributed by atoms with E-state index in [-0.39, 0.29) is 44.5 Å². The van der Waals surface area contributed by atoms with E-state index in [1.165, 1.54) is 6.92 Å². The second-order valence-electron chi connectivity index (χ2n) is 10.5. The molecular weight excluding hydrogens is 564 g/mol. The number of ether oxygens (including phenoxy) is 4. The molecule has 0 saturated carbocycles. The normalized spacial score (nSPS) is 33.4. The van der Waals surface area contributed by atoms with Crippen LogP contribution in [0.5, 0.6) is 0 Å². The molecule has 2 saturated heterocycles. The lowest BCUT2D eigenvalue weighted by molar-refractivity contribution is -0.301. The van der Waals surface area contributed by atoms with Crippen molar-refractivity contribution in [2.24, 2.45) is 0 Å². The third-order valence-electron chi connectivity index (χ3n) is 7.20. The highest BCUT2D eigenvalue weighted by atomic mass is 16.7. The molecule has 2 amide bonds. The molecule has 0 aliphatic carbocycles. The van der Waals surface area contributed by atoms with Crippen LogP contribution in [0.1, 0.15) is 45.4 Å². The molecule has 6 unspecified atom stereocenters. The maximum Gasteiger partial charge on any atom is 0.222 e. The summed E-state index contributed by atoms with van der Waals surface area (Å²) in [5.74, 6) is -0.246. The number of nitrogens with one attached hydrogen (secondary N) is 1. The van der Waals surface area contributed by atoms with E-state index >= 15 is 0 Å². The lowest BCUT2D eigenvalue weighted by atomic mass is 9.99. The van der Waals surface area contributed by atoms with E-state index in [4.69, 9.17) is 18.9 Å². The Hall–Kier alpha value is -1.54. The molecule has 2 heterocycles. The Bertz CT molecular complexity index is 746. The maximum absolute atomic E-state index is 13.0. The van der Waals surface area contributed by atoms with Crippen LogP contribution >= 0.6 is 0 Å². The Kier molecular flexibility index (Phi) is 16.6. The van der Waals surface area contributed by atoms with Crippen molar-refractivity contribution in [1.29, 1.82) is 0 Å². The van der Waals surface area contributed by atoms with Gasteiger partial charge in [-0.1, -0.05) is 6.42 Å². The zero-order chi connectivity index (χ0) is 31.2. The van der Waals surface area contributed by atoms with Crippen molar-refractivity contribution in [3.8, 4) is 0 Å². The molecule has 42 heavy (non-hydrogen) atoms. The van der Waals surface area contributed by atoms with Gasteiger partial charge in [-0.2, -0.15) is 0 Å². The molecule has 16 nitrogen and oxygen atoms in total. The van der Waals surface area contributed by atoms with Gasteiger partial charge in [-0.05, 0) is 25.7 Å². The van der Waals surface area contributed by atoms with Gasteiger partial charge < -0.3 is 70.0 Å². The van der Waals surface area contributed by atoms with Crippen molar-refractivity contribution < 1.29 is 69.4 Å². The Balaban J connectivity index is 1.84. The Morgan fingerprint density at radius 2 is 1.17 bits per heavy atom. The minimum absolute atomic E-state index is 0.0323. The summed E-state index contributed by atoms with van der Waals surface area (Å²) >= 11 is 0. The third-order valence-corrected chi connectivity index (χ3v) is 7.20. The first-order valence-corrected chi connectivity index (χ1v) is 14.4. The van der Waals surface area contributed by atoms with Crippen molar-refractivity contribution in [3.63, 3.8) is 0 Å². The first kappa shape index (κ1) is 36.7. The van der Waals surface area contributed by atoms with Crippen molar-refractivity contribution in [2.45, 2.75) is 107 Å². The van der Waals surface area contributed by atoms with E-state index in [1.54, 1.807) is 4.90 Å². The van der Waals surface area contributed by atoms with E-state index in [0.29, 0.717) is 25.8 Å². The highest BCUT2D eigenvalue weighted by molar-refractivity contribution is 5.76. The summed E-state index contributed by atoms with van der Waals surface area (Å²) in [6, 6.07) is 0. The second kappa shape index (κ2) is 19.0. The number of carbonyl (C=O) groups is 2. The average Bonchev–Trinajstić information content (AvgIpc) is 2.97. The summed E-state index contributed by atoms with van der Waals surface area (Å²) in [7, 11) is 0. The lowest BCUT2D eigenvalue weighted by Crippen LogP contribution is -2.59. The molecule has 0 aromatic carbocycles. The largest absolute Gasteiger partial charge is 0.394 e. The molecule has 2 rings (SSSR count). The van der Waals surface area contributed by atoms with Gasteiger partial charge in [0.15, 0.2) is 12.6 Å². The van der Waals surface area contributed by atoms with Gasteiger partial charge in [0.05, 0.1) is 26.4 Å². The number of nitrogens with zero attached hydrogens (tertiary/aromatic N) is 1. The third kappa shape index (κ3) is 11.2. The highest BCUT2D eigenvalue weighted by Gasteiger charge is 2.45. The van der Waals surface area contributed by atoms with Crippen LogP contribution in [0.15, 0.2) is 0 Å². The summed E-state index contributed by atoms with van der Waals surface area (Å²) in [5, 5.41) is 81.2. The average molecular weight is 613 g/mol. The Labute approximate surface area is 244 Å². The number of rotatable bonds is 18. The molecule has 10 atom stereocenters. The summed E-state index contributed by atoms with van der Waals surface area (Å²) in [5.41, 5.74) is 0. The summed E-state index contributed by atoms with van der Waals surface area (Å²) < 4.78 is 21.7. The number of carbonyl (C=O) groups excluding carboxylic acids is 2. The predicted molar refractivity (Wildman–Crippen MR) is 142 cm³/mol. The fourth-order valence-electron chi connectivity index (χ4n) is 4.68. The molecule has 0 radical (unpaired) electrons. The number of hydrogen-bond acceptors (Lipinski definition) is 14. The maximum atomic E-state index is 13.0. The van der Waals surface area contributed by atoms with E-state index in [2.05, 4.69) is 5.32 Å². The Morgan fingerprint density at radius 3 is 1.60 bits per heavy atom. The zero-order valence-corrected chi connectivity index (χ0v) is 23.9. The molecule has 0 spiro atoms. The van der Waals surface area contributed by atoms with E-state index < -0.39 is 74.6 Å². The van der Waals surface area contributed by atoms with E-state index in [1.807, 2.05) is 0 Å². The number of unbranched alkanes of at least 4 members (excludes halogenated alkanes) is 2. The minimum atomic E-state index is -1.56. The van der Waals surface area contributed by atoms with Crippen LogP contribution in [0.3, 0.4) is 0 Å². The van der Waals surface area contributed by atoms with E-state index in [0.717, 1.165) is 12.8 Å². The summed E-state index contributed by atoms with van der Waals surface area (Å²) in [6.45, 7) is 1.40. The SMILES string of the molecule is CC(=O)NCCCCCC(=O)N(CCCO[C@H]1OC(CO)[C@@H](O)C(O)C1O)CCCO[C@H]1OC(CO)[C@@H](O)C(O)C1O. The van der Waals surface area contributed by atoms with Crippen LogP contribution in [-0.2, 0) is 28.5 Å². The zero-order valence-electron chi connectivity index (χ0n) is 23.9. The smallest absolute Gasteiger partial charge is 0.222 e. The summed E-state index contributed by atoms with van der Waals surface area (Å²) in [4.78, 5) is 25.5. The second-order valence-corrected chi connectivity index (χ2v) is 10.5. The molecule has 2 aliphatic rings. The van der Waals surface area contributed by atoms with Gasteiger partial charge in [0.1, 0.15) is 48.8 Å². The summed E-state index contributed by atoms with van der Waals surface area (Å²) in [6.07, 6.45) is -10.9. The van der Waals surface area contributed by atoms with Crippen molar-refractivity contribution in [3.05, 3.63) is 0 Å². The number of amides is 2. The van der Waals surface area contributed by atoms with Gasteiger partial charge >= 0.3 is 0 Å². The van der Waals surface area contributed by atoms with Gasteiger partial charge in [0, 0.05) is 33.0 Å². The van der Waals surface area contributed by atoms with Crippen LogP contribution in [0.25, 0.3) is 0 Å². The van der Waals surface area contributed by atoms with Crippen LogP contribution in [0.4, 0.5) is 0 Å². The first-order chi connectivity index (χ1) is 20.0. The highest BCUT2D eigenvalue weighted by Crippen LogP contribution is 2.23. The number of aliphatic hydroxyl groups excluding tert-OH is 8. The predicted octanol–water partition coefficient (Wildman–Crippen LogP) is -4.08. The van der Waals surface area contributed by atoms with Gasteiger partial charge in [-0.15, -0.1) is 0 Å². The fourth-order valence-corrected chi connectivity index (χ4v) is 4.68. The van der Waals surface area contributed by atoms with Crippen LogP contribution < -0.4 is 5.32 Å². The number of aliphatic hydroxyl groups is 8. The molecule has 246 valence electrons. The topological polar surface area (TPSA) is 248 Å². The number of hydrogen-bond donors (Lipinski definition) is 9. The van der Waals surface area contributed by atoms with Crippen molar-refractivity contribution in [2.75, 3.05) is 46.1 Å². The molecule has 2 aliphatic heterocycles. The van der Waals surface area contributed by atoms with Crippen LogP contribution in [-0.4, -0.2) is 165 Å². The minimum Gasteiger partial charge on any atom is -0.394 e.